The Bertz CT molecular complexity index is 1190. The standard InChI is InChI=1S/C24H19ClF3N3O3/c25-18-8-6-15(7-9-18)20(16-10-17(12-30-11-16)24(26,27)28)21(29)22(32)31-19(13-34-23(31)33)14-4-2-1-3-5-14/h1-12,19-21H,13,29H2/t19-,20+,21+/m1/s1. The molecule has 176 valence electrons. The van der Waals surface area contributed by atoms with Gasteiger partial charge in [-0.15, -0.1) is 0 Å². The van der Waals surface area contributed by atoms with E-state index in [1.165, 1.54) is 6.20 Å². The van der Waals surface area contributed by atoms with E-state index in [9.17, 15) is 22.8 Å². The number of hydrogen-bond donors (Lipinski definition) is 1. The van der Waals surface area contributed by atoms with Gasteiger partial charge in [0.2, 0.25) is 0 Å². The zero-order chi connectivity index (χ0) is 24.5. The van der Waals surface area contributed by atoms with Gasteiger partial charge in [0.1, 0.15) is 12.6 Å². The number of ether oxygens (including phenoxy) is 1. The minimum Gasteiger partial charge on any atom is -0.446 e. The van der Waals surface area contributed by atoms with E-state index in [0.29, 0.717) is 22.3 Å². The maximum atomic E-state index is 13.5. The van der Waals surface area contributed by atoms with Crippen molar-refractivity contribution < 1.29 is 27.5 Å². The van der Waals surface area contributed by atoms with Crippen LogP contribution in [0, 0.1) is 0 Å². The summed E-state index contributed by atoms with van der Waals surface area (Å²) in [6.07, 6.45) is -3.59. The molecule has 2 heterocycles. The van der Waals surface area contributed by atoms with Crippen molar-refractivity contribution in [2.45, 2.75) is 24.2 Å². The predicted octanol–water partition coefficient (Wildman–Crippen LogP) is 4.93. The van der Waals surface area contributed by atoms with Crippen molar-refractivity contribution in [3.8, 4) is 0 Å². The number of cyclic esters (lactones) is 1. The number of carbonyl (C=O) groups excluding carboxylic acids is 2. The van der Waals surface area contributed by atoms with Gasteiger partial charge < -0.3 is 10.5 Å². The summed E-state index contributed by atoms with van der Waals surface area (Å²) in [6, 6.07) is 13.8. The van der Waals surface area contributed by atoms with Crippen molar-refractivity contribution in [2.75, 3.05) is 6.61 Å². The summed E-state index contributed by atoms with van der Waals surface area (Å²) >= 11 is 5.97. The van der Waals surface area contributed by atoms with E-state index in [0.717, 1.165) is 11.0 Å². The molecule has 10 heteroatoms. The second kappa shape index (κ2) is 9.44. The highest BCUT2D eigenvalue weighted by molar-refractivity contribution is 6.30. The smallest absolute Gasteiger partial charge is 0.417 e. The predicted molar refractivity (Wildman–Crippen MR) is 118 cm³/mol. The number of hydrogen-bond acceptors (Lipinski definition) is 5. The lowest BCUT2D eigenvalue weighted by Crippen LogP contribution is -2.48. The molecule has 2 amide bonds. The third-order valence-electron chi connectivity index (χ3n) is 5.61. The summed E-state index contributed by atoms with van der Waals surface area (Å²) in [5, 5.41) is 0.400. The molecule has 3 aromatic rings. The first-order valence-electron chi connectivity index (χ1n) is 10.2. The van der Waals surface area contributed by atoms with Gasteiger partial charge in [-0.3, -0.25) is 9.78 Å². The van der Waals surface area contributed by atoms with Gasteiger partial charge in [0, 0.05) is 23.3 Å². The number of benzene rings is 2. The maximum absolute atomic E-state index is 13.5. The molecule has 0 spiro atoms. The van der Waals surface area contributed by atoms with Crippen LogP contribution < -0.4 is 5.73 Å². The van der Waals surface area contributed by atoms with Crippen LogP contribution in [0.15, 0.2) is 73.1 Å². The van der Waals surface area contributed by atoms with Gasteiger partial charge in [-0.25, -0.2) is 9.69 Å². The summed E-state index contributed by atoms with van der Waals surface area (Å²) in [7, 11) is 0. The van der Waals surface area contributed by atoms with Gasteiger partial charge in [0.25, 0.3) is 5.91 Å². The summed E-state index contributed by atoms with van der Waals surface area (Å²) in [5.74, 6) is -1.82. The highest BCUT2D eigenvalue weighted by Gasteiger charge is 2.43. The van der Waals surface area contributed by atoms with Gasteiger partial charge in [-0.1, -0.05) is 54.1 Å². The Morgan fingerprint density at radius 2 is 1.76 bits per heavy atom. The van der Waals surface area contributed by atoms with Crippen LogP contribution in [0.4, 0.5) is 18.0 Å². The van der Waals surface area contributed by atoms with Crippen molar-refractivity contribution in [3.05, 3.63) is 100 Å². The van der Waals surface area contributed by atoms with E-state index in [1.807, 2.05) is 0 Å². The van der Waals surface area contributed by atoms with Crippen molar-refractivity contribution in [3.63, 3.8) is 0 Å². The summed E-state index contributed by atoms with van der Waals surface area (Å²) in [5.41, 5.74) is 6.56. The largest absolute Gasteiger partial charge is 0.446 e. The van der Waals surface area contributed by atoms with Gasteiger partial charge in [-0.2, -0.15) is 13.2 Å². The molecule has 0 unspecified atom stereocenters. The summed E-state index contributed by atoms with van der Waals surface area (Å²) in [4.78, 5) is 30.6. The second-order valence-corrected chi connectivity index (χ2v) is 8.21. The van der Waals surface area contributed by atoms with E-state index in [2.05, 4.69) is 4.98 Å². The third-order valence-corrected chi connectivity index (χ3v) is 5.87. The number of amides is 2. The van der Waals surface area contributed by atoms with E-state index in [4.69, 9.17) is 22.1 Å². The SMILES string of the molecule is N[C@H](C(=O)N1C(=O)OC[C@@H]1c1ccccc1)[C@@H](c1ccc(Cl)cc1)c1cncc(C(F)(F)F)c1. The molecule has 1 aromatic heterocycles. The van der Waals surface area contributed by atoms with Crippen molar-refractivity contribution in [1.29, 1.82) is 0 Å². The molecule has 1 fully saturated rings. The fraction of sp³-hybridized carbons (Fsp3) is 0.208. The first kappa shape index (κ1) is 23.7. The molecule has 1 saturated heterocycles. The number of nitrogens with two attached hydrogens (primary N) is 1. The van der Waals surface area contributed by atoms with Crippen LogP contribution in [0.1, 0.15) is 34.2 Å². The van der Waals surface area contributed by atoms with Gasteiger partial charge in [-0.05, 0) is 34.9 Å². The van der Waals surface area contributed by atoms with Crippen LogP contribution in [0.25, 0.3) is 0 Å². The summed E-state index contributed by atoms with van der Waals surface area (Å²) < 4.78 is 45.2. The molecule has 1 aliphatic rings. The monoisotopic (exact) mass is 489 g/mol. The number of carbonyl (C=O) groups is 2. The lowest BCUT2D eigenvalue weighted by molar-refractivity contribution is -0.137. The minimum absolute atomic E-state index is 0.0575. The Kier molecular flexibility index (Phi) is 6.58. The first-order valence-corrected chi connectivity index (χ1v) is 10.6. The number of rotatable bonds is 5. The molecule has 3 atom stereocenters. The second-order valence-electron chi connectivity index (χ2n) is 7.77. The normalized spacial score (nSPS) is 17.9. The number of alkyl halides is 3. The average Bonchev–Trinajstić information content (AvgIpc) is 3.21. The minimum atomic E-state index is -4.64. The Morgan fingerprint density at radius 3 is 2.41 bits per heavy atom. The molecule has 2 aromatic carbocycles. The average molecular weight is 490 g/mol. The number of imide groups is 1. The lowest BCUT2D eigenvalue weighted by atomic mass is 9.84. The molecule has 0 radical (unpaired) electrons. The molecule has 6 nitrogen and oxygen atoms in total. The fourth-order valence-corrected chi connectivity index (χ4v) is 4.07. The quantitative estimate of drug-likeness (QED) is 0.549. The Labute approximate surface area is 198 Å². The van der Waals surface area contributed by atoms with Crippen LogP contribution in [0.3, 0.4) is 0 Å². The Balaban J connectivity index is 1.75. The molecule has 4 rings (SSSR count). The zero-order valence-electron chi connectivity index (χ0n) is 17.6. The highest BCUT2D eigenvalue weighted by atomic mass is 35.5. The van der Waals surface area contributed by atoms with Gasteiger partial charge in [0.05, 0.1) is 11.6 Å². The Hall–Kier alpha value is -3.43. The molecular weight excluding hydrogens is 471 g/mol. The van der Waals surface area contributed by atoms with E-state index >= 15 is 0 Å². The first-order chi connectivity index (χ1) is 16.2. The molecule has 1 aliphatic heterocycles. The molecule has 0 saturated carbocycles. The van der Waals surface area contributed by atoms with E-state index in [-0.39, 0.29) is 12.2 Å². The van der Waals surface area contributed by atoms with Crippen LogP contribution >= 0.6 is 11.6 Å². The van der Waals surface area contributed by atoms with Gasteiger partial charge in [0.15, 0.2) is 0 Å². The van der Waals surface area contributed by atoms with Crippen molar-refractivity contribution in [2.24, 2.45) is 5.73 Å². The summed E-state index contributed by atoms with van der Waals surface area (Å²) in [6.45, 7) is -0.0575. The van der Waals surface area contributed by atoms with E-state index < -0.39 is 41.7 Å². The molecule has 0 aliphatic carbocycles. The van der Waals surface area contributed by atoms with E-state index in [1.54, 1.807) is 54.6 Å². The van der Waals surface area contributed by atoms with Crippen LogP contribution in [0.2, 0.25) is 5.02 Å². The topological polar surface area (TPSA) is 85.5 Å². The van der Waals surface area contributed by atoms with Crippen LogP contribution in [0.5, 0.6) is 0 Å². The van der Waals surface area contributed by atoms with Gasteiger partial charge >= 0.3 is 12.3 Å². The zero-order valence-corrected chi connectivity index (χ0v) is 18.3. The highest BCUT2D eigenvalue weighted by Crippen LogP contribution is 2.36. The van der Waals surface area contributed by atoms with Crippen molar-refractivity contribution in [1.82, 2.24) is 9.88 Å². The molecular formula is C24H19ClF3N3O3. The fourth-order valence-electron chi connectivity index (χ4n) is 3.95. The maximum Gasteiger partial charge on any atom is 0.417 e. The molecule has 34 heavy (non-hydrogen) atoms. The molecule has 2 N–H and O–H groups in total. The third kappa shape index (κ3) is 4.76. The van der Waals surface area contributed by atoms with Crippen molar-refractivity contribution >= 4 is 23.6 Å². The lowest BCUT2D eigenvalue weighted by Gasteiger charge is -2.29. The Morgan fingerprint density at radius 1 is 1.09 bits per heavy atom. The number of halogens is 4. The molecule has 0 bridgehead atoms. The number of aromatic nitrogens is 1. The van der Waals surface area contributed by atoms with Crippen LogP contribution in [-0.2, 0) is 15.7 Å². The number of nitrogens with zero attached hydrogens (tertiary/aromatic N) is 2. The number of pyridine rings is 1. The van der Waals surface area contributed by atoms with Crippen LogP contribution in [-0.4, -0.2) is 34.5 Å².